The molecule has 0 saturated heterocycles. The summed E-state index contributed by atoms with van der Waals surface area (Å²) >= 11 is 0. The number of rotatable bonds is 2. The minimum atomic E-state index is -0.967. The van der Waals surface area contributed by atoms with E-state index in [4.69, 9.17) is 10.8 Å². The lowest BCUT2D eigenvalue weighted by Crippen LogP contribution is -2.01. The van der Waals surface area contributed by atoms with Crippen molar-refractivity contribution in [3.8, 4) is 5.69 Å². The zero-order valence-electron chi connectivity index (χ0n) is 12.0. The Labute approximate surface area is 130 Å². The van der Waals surface area contributed by atoms with Gasteiger partial charge in [0.15, 0.2) is 11.5 Å². The van der Waals surface area contributed by atoms with E-state index in [9.17, 15) is 4.79 Å². The number of carboxylic acid groups (broad SMARTS) is 1. The van der Waals surface area contributed by atoms with Crippen molar-refractivity contribution in [1.82, 2.24) is 14.8 Å². The molecule has 0 unspecified atom stereocenters. The van der Waals surface area contributed by atoms with Gasteiger partial charge in [0.05, 0.1) is 22.2 Å². The summed E-state index contributed by atoms with van der Waals surface area (Å²) in [7, 11) is 0. The van der Waals surface area contributed by atoms with Gasteiger partial charge in [-0.15, -0.1) is 5.10 Å². The molecule has 112 valence electrons. The normalized spacial score (nSPS) is 11.1. The van der Waals surface area contributed by atoms with E-state index in [0.29, 0.717) is 17.2 Å². The monoisotopic (exact) mass is 304 g/mol. The summed E-state index contributed by atoms with van der Waals surface area (Å²) in [6, 6.07) is 16.2. The third-order valence-electron chi connectivity index (χ3n) is 3.75. The zero-order valence-corrected chi connectivity index (χ0v) is 12.0. The van der Waals surface area contributed by atoms with Gasteiger partial charge < -0.3 is 10.8 Å². The summed E-state index contributed by atoms with van der Waals surface area (Å²) in [5.41, 5.74) is 8.44. The summed E-state index contributed by atoms with van der Waals surface area (Å²) in [4.78, 5) is 15.6. The Balaban J connectivity index is 1.96. The van der Waals surface area contributed by atoms with E-state index in [2.05, 4.69) is 10.1 Å². The van der Waals surface area contributed by atoms with Crippen molar-refractivity contribution >= 4 is 33.7 Å². The van der Waals surface area contributed by atoms with Crippen molar-refractivity contribution in [3.63, 3.8) is 0 Å². The number of aromatic carboxylic acids is 1. The number of nitrogens with two attached hydrogens (primary N) is 1. The van der Waals surface area contributed by atoms with E-state index in [-0.39, 0.29) is 5.56 Å². The van der Waals surface area contributed by atoms with Crippen LogP contribution in [0.5, 0.6) is 0 Å². The maximum Gasteiger partial charge on any atom is 0.335 e. The van der Waals surface area contributed by atoms with Crippen LogP contribution in [0.15, 0.2) is 54.6 Å². The first kappa shape index (κ1) is 13.3. The number of fused-ring (bicyclic) bond motifs is 2. The zero-order chi connectivity index (χ0) is 16.0. The van der Waals surface area contributed by atoms with Crippen LogP contribution in [0.3, 0.4) is 0 Å². The van der Waals surface area contributed by atoms with Crippen LogP contribution in [-0.2, 0) is 0 Å². The Morgan fingerprint density at radius 2 is 1.83 bits per heavy atom. The first-order valence-corrected chi connectivity index (χ1v) is 7.01. The topological polar surface area (TPSA) is 94.0 Å². The molecule has 6 heteroatoms. The number of hydrogen-bond donors (Lipinski definition) is 2. The van der Waals surface area contributed by atoms with Gasteiger partial charge >= 0.3 is 5.97 Å². The number of nitrogen functional groups attached to an aromatic ring is 1. The number of para-hydroxylation sites is 1. The maximum atomic E-state index is 11.0. The molecule has 0 amide bonds. The third kappa shape index (κ3) is 2.08. The van der Waals surface area contributed by atoms with Crippen LogP contribution < -0.4 is 5.73 Å². The van der Waals surface area contributed by atoms with Crippen LogP contribution in [0.4, 0.5) is 5.82 Å². The molecular weight excluding hydrogens is 292 g/mol. The van der Waals surface area contributed by atoms with E-state index in [1.807, 2.05) is 30.3 Å². The van der Waals surface area contributed by atoms with Gasteiger partial charge in [-0.05, 0) is 36.4 Å². The molecule has 0 spiro atoms. The first-order chi connectivity index (χ1) is 11.1. The fraction of sp³-hybridized carbons (Fsp3) is 0. The average molecular weight is 304 g/mol. The number of aromatic nitrogens is 3. The number of carbonyl (C=O) groups is 1. The van der Waals surface area contributed by atoms with Crippen molar-refractivity contribution in [1.29, 1.82) is 0 Å². The van der Waals surface area contributed by atoms with Gasteiger partial charge in [0.1, 0.15) is 0 Å². The Morgan fingerprint density at radius 1 is 1.09 bits per heavy atom. The fourth-order valence-corrected chi connectivity index (χ4v) is 2.59. The largest absolute Gasteiger partial charge is 0.478 e. The van der Waals surface area contributed by atoms with E-state index >= 15 is 0 Å². The van der Waals surface area contributed by atoms with Gasteiger partial charge in [0, 0.05) is 5.39 Å². The predicted molar refractivity (Wildman–Crippen MR) is 87.7 cm³/mol. The summed E-state index contributed by atoms with van der Waals surface area (Å²) in [6.45, 7) is 0. The smallest absolute Gasteiger partial charge is 0.335 e. The highest BCUT2D eigenvalue weighted by atomic mass is 16.4. The molecule has 0 bridgehead atoms. The molecule has 2 aromatic heterocycles. The molecule has 4 aromatic rings. The highest BCUT2D eigenvalue weighted by Gasteiger charge is 2.13. The molecular formula is C17H12N4O2. The van der Waals surface area contributed by atoms with Crippen LogP contribution in [0.25, 0.3) is 27.6 Å². The van der Waals surface area contributed by atoms with Gasteiger partial charge in [-0.3, -0.25) is 0 Å². The van der Waals surface area contributed by atoms with Gasteiger partial charge in [0.2, 0.25) is 0 Å². The highest BCUT2D eigenvalue weighted by molar-refractivity contribution is 5.97. The molecule has 0 aliphatic carbocycles. The van der Waals surface area contributed by atoms with Gasteiger partial charge in [0.25, 0.3) is 0 Å². The molecule has 2 heterocycles. The van der Waals surface area contributed by atoms with E-state index in [1.165, 1.54) is 12.1 Å². The predicted octanol–water partition coefficient (Wildman–Crippen LogP) is 2.85. The van der Waals surface area contributed by atoms with Gasteiger partial charge in [-0.25, -0.2) is 14.5 Å². The molecule has 0 saturated carbocycles. The lowest BCUT2D eigenvalue weighted by Gasteiger charge is -2.04. The van der Waals surface area contributed by atoms with Crippen LogP contribution in [0.1, 0.15) is 10.4 Å². The van der Waals surface area contributed by atoms with Crippen molar-refractivity contribution < 1.29 is 9.90 Å². The molecule has 23 heavy (non-hydrogen) atoms. The fourth-order valence-electron chi connectivity index (χ4n) is 2.59. The van der Waals surface area contributed by atoms with E-state index < -0.39 is 5.97 Å². The third-order valence-corrected chi connectivity index (χ3v) is 3.75. The standard InChI is InChI=1S/C17H12N4O2/c18-15-13-9-11-3-1-2-4-14(11)19-16(13)21(20-15)12-7-5-10(6-8-12)17(22)23/h1-9H,(H2,18,20)(H,22,23). The van der Waals surface area contributed by atoms with Gasteiger partial charge in [-0.1, -0.05) is 18.2 Å². The lowest BCUT2D eigenvalue weighted by molar-refractivity contribution is 0.0697. The minimum Gasteiger partial charge on any atom is -0.478 e. The maximum absolute atomic E-state index is 11.0. The lowest BCUT2D eigenvalue weighted by atomic mass is 10.2. The second-order valence-electron chi connectivity index (χ2n) is 5.20. The second-order valence-corrected chi connectivity index (χ2v) is 5.20. The molecule has 2 aromatic carbocycles. The van der Waals surface area contributed by atoms with Crippen molar-refractivity contribution in [2.24, 2.45) is 0 Å². The van der Waals surface area contributed by atoms with Crippen LogP contribution >= 0.6 is 0 Å². The molecule has 0 aliphatic heterocycles. The number of benzene rings is 2. The Bertz CT molecular complexity index is 1050. The Morgan fingerprint density at radius 3 is 2.57 bits per heavy atom. The highest BCUT2D eigenvalue weighted by Crippen LogP contribution is 2.26. The molecule has 3 N–H and O–H groups in total. The SMILES string of the molecule is Nc1nn(-c2ccc(C(=O)O)cc2)c2nc3ccccc3cc12. The van der Waals surface area contributed by atoms with E-state index in [0.717, 1.165) is 16.3 Å². The van der Waals surface area contributed by atoms with Crippen molar-refractivity contribution in [2.75, 3.05) is 5.73 Å². The van der Waals surface area contributed by atoms with Crippen molar-refractivity contribution in [3.05, 3.63) is 60.2 Å². The molecule has 0 aliphatic rings. The summed E-state index contributed by atoms with van der Waals surface area (Å²) < 4.78 is 1.63. The number of carboxylic acids is 1. The molecule has 0 atom stereocenters. The van der Waals surface area contributed by atoms with E-state index in [1.54, 1.807) is 16.8 Å². The van der Waals surface area contributed by atoms with Crippen LogP contribution in [0, 0.1) is 0 Å². The van der Waals surface area contributed by atoms with Crippen LogP contribution in [-0.4, -0.2) is 25.8 Å². The number of hydrogen-bond acceptors (Lipinski definition) is 4. The Hall–Kier alpha value is -3.41. The molecule has 6 nitrogen and oxygen atoms in total. The average Bonchev–Trinajstić information content (AvgIpc) is 2.89. The summed E-state index contributed by atoms with van der Waals surface area (Å²) in [6.07, 6.45) is 0. The number of anilines is 1. The van der Waals surface area contributed by atoms with Crippen LogP contribution in [0.2, 0.25) is 0 Å². The second kappa shape index (κ2) is 4.81. The van der Waals surface area contributed by atoms with Gasteiger partial charge in [-0.2, -0.15) is 0 Å². The number of nitrogens with zero attached hydrogens (tertiary/aromatic N) is 3. The molecule has 0 radical (unpaired) electrons. The minimum absolute atomic E-state index is 0.219. The number of pyridine rings is 1. The quantitative estimate of drug-likeness (QED) is 0.594. The summed E-state index contributed by atoms with van der Waals surface area (Å²) in [5, 5.41) is 15.1. The van der Waals surface area contributed by atoms with Crippen molar-refractivity contribution in [2.45, 2.75) is 0 Å². The Kier molecular flexibility index (Phi) is 2.77. The molecule has 4 rings (SSSR count). The molecule has 0 fully saturated rings. The first-order valence-electron chi connectivity index (χ1n) is 7.01. The summed E-state index contributed by atoms with van der Waals surface area (Å²) in [5.74, 6) is -0.578.